The van der Waals surface area contributed by atoms with Crippen LogP contribution in [0.1, 0.15) is 13.8 Å². The molecule has 0 saturated heterocycles. The average Bonchev–Trinajstić information content (AvgIpc) is 2.36. The highest BCUT2D eigenvalue weighted by atomic mass is 16.5. The number of hydrogen-bond acceptors (Lipinski definition) is 3. The Kier molecular flexibility index (Phi) is 5.86. The van der Waals surface area contributed by atoms with Crippen LogP contribution < -0.4 is 4.90 Å². The van der Waals surface area contributed by atoms with Gasteiger partial charge in [-0.25, -0.2) is 4.79 Å². The van der Waals surface area contributed by atoms with E-state index in [-0.39, 0.29) is 5.97 Å². The fourth-order valence-corrected chi connectivity index (χ4v) is 1.55. The third kappa shape index (κ3) is 4.72. The molecule has 0 atom stereocenters. The smallest absolute Gasteiger partial charge is 0.330 e. The molecule has 0 saturated carbocycles. The highest BCUT2D eigenvalue weighted by Crippen LogP contribution is 2.11. The molecule has 92 valence electrons. The van der Waals surface area contributed by atoms with E-state index in [9.17, 15) is 4.79 Å². The minimum atomic E-state index is -0.281. The SMILES string of the molecule is C/C=C/C(=O)OCCN(CC)c1ccccc1. The zero-order valence-electron chi connectivity index (χ0n) is 10.4. The summed E-state index contributed by atoms with van der Waals surface area (Å²) in [5.41, 5.74) is 1.15. The summed E-state index contributed by atoms with van der Waals surface area (Å²) in [5.74, 6) is -0.281. The Morgan fingerprint density at radius 3 is 2.65 bits per heavy atom. The van der Waals surface area contributed by atoms with E-state index in [0.717, 1.165) is 12.2 Å². The molecule has 0 amide bonds. The van der Waals surface area contributed by atoms with Gasteiger partial charge >= 0.3 is 5.97 Å². The fourth-order valence-electron chi connectivity index (χ4n) is 1.55. The van der Waals surface area contributed by atoms with Crippen molar-refractivity contribution in [2.24, 2.45) is 0 Å². The summed E-state index contributed by atoms with van der Waals surface area (Å²) in [4.78, 5) is 13.3. The van der Waals surface area contributed by atoms with E-state index in [1.54, 1.807) is 13.0 Å². The first-order valence-corrected chi connectivity index (χ1v) is 5.87. The summed E-state index contributed by atoms with van der Waals surface area (Å²) in [6.07, 6.45) is 3.11. The summed E-state index contributed by atoms with van der Waals surface area (Å²) in [6.45, 7) is 5.89. The predicted molar refractivity (Wildman–Crippen MR) is 70.1 cm³/mol. The summed E-state index contributed by atoms with van der Waals surface area (Å²) >= 11 is 0. The summed E-state index contributed by atoms with van der Waals surface area (Å²) < 4.78 is 5.07. The van der Waals surface area contributed by atoms with Crippen LogP contribution in [0.3, 0.4) is 0 Å². The Bertz CT molecular complexity index is 360. The van der Waals surface area contributed by atoms with Crippen molar-refractivity contribution in [2.45, 2.75) is 13.8 Å². The van der Waals surface area contributed by atoms with Gasteiger partial charge in [-0.1, -0.05) is 24.3 Å². The van der Waals surface area contributed by atoms with Crippen molar-refractivity contribution in [1.29, 1.82) is 0 Å². The Balaban J connectivity index is 2.41. The van der Waals surface area contributed by atoms with Crippen LogP contribution in [-0.4, -0.2) is 25.7 Å². The molecule has 0 heterocycles. The lowest BCUT2D eigenvalue weighted by atomic mass is 10.3. The number of allylic oxidation sites excluding steroid dienone is 1. The molecular weight excluding hydrogens is 214 g/mol. The van der Waals surface area contributed by atoms with Crippen molar-refractivity contribution in [3.63, 3.8) is 0 Å². The second-order valence-corrected chi connectivity index (χ2v) is 3.58. The molecule has 3 heteroatoms. The number of hydrogen-bond donors (Lipinski definition) is 0. The van der Waals surface area contributed by atoms with Gasteiger partial charge < -0.3 is 9.64 Å². The van der Waals surface area contributed by atoms with Gasteiger partial charge in [0.2, 0.25) is 0 Å². The number of rotatable bonds is 6. The van der Waals surface area contributed by atoms with Gasteiger partial charge in [0.1, 0.15) is 6.61 Å². The molecule has 0 N–H and O–H groups in total. The number of carbonyl (C=O) groups is 1. The summed E-state index contributed by atoms with van der Waals surface area (Å²) in [6, 6.07) is 10.1. The van der Waals surface area contributed by atoms with Crippen molar-refractivity contribution < 1.29 is 9.53 Å². The molecule has 0 aromatic heterocycles. The van der Waals surface area contributed by atoms with E-state index in [1.807, 2.05) is 18.2 Å². The lowest BCUT2D eigenvalue weighted by molar-refractivity contribution is -0.137. The van der Waals surface area contributed by atoms with Crippen molar-refractivity contribution in [3.8, 4) is 0 Å². The number of likely N-dealkylation sites (N-methyl/N-ethyl adjacent to an activating group) is 1. The number of benzene rings is 1. The highest BCUT2D eigenvalue weighted by Gasteiger charge is 2.04. The van der Waals surface area contributed by atoms with Gasteiger partial charge in [-0.2, -0.15) is 0 Å². The second-order valence-electron chi connectivity index (χ2n) is 3.58. The molecule has 1 aromatic rings. The molecule has 0 fully saturated rings. The Morgan fingerprint density at radius 1 is 1.35 bits per heavy atom. The molecule has 0 spiro atoms. The van der Waals surface area contributed by atoms with Crippen LogP contribution in [0.25, 0.3) is 0 Å². The number of anilines is 1. The van der Waals surface area contributed by atoms with E-state index in [2.05, 4.69) is 24.0 Å². The van der Waals surface area contributed by atoms with Crippen LogP contribution in [0, 0.1) is 0 Å². The minimum Gasteiger partial charge on any atom is -0.461 e. The number of ether oxygens (including phenoxy) is 1. The number of nitrogens with zero attached hydrogens (tertiary/aromatic N) is 1. The normalized spacial score (nSPS) is 10.5. The van der Waals surface area contributed by atoms with Crippen molar-refractivity contribution in [1.82, 2.24) is 0 Å². The third-order valence-corrected chi connectivity index (χ3v) is 2.41. The molecule has 0 bridgehead atoms. The van der Waals surface area contributed by atoms with Gasteiger partial charge in [-0.15, -0.1) is 0 Å². The van der Waals surface area contributed by atoms with E-state index < -0.39 is 0 Å². The largest absolute Gasteiger partial charge is 0.461 e. The lowest BCUT2D eigenvalue weighted by Crippen LogP contribution is -2.27. The van der Waals surface area contributed by atoms with E-state index >= 15 is 0 Å². The first-order valence-electron chi connectivity index (χ1n) is 5.87. The van der Waals surface area contributed by atoms with Crippen LogP contribution in [0.2, 0.25) is 0 Å². The maximum absolute atomic E-state index is 11.1. The lowest BCUT2D eigenvalue weighted by Gasteiger charge is -2.22. The Morgan fingerprint density at radius 2 is 2.06 bits per heavy atom. The van der Waals surface area contributed by atoms with Crippen LogP contribution >= 0.6 is 0 Å². The van der Waals surface area contributed by atoms with Gasteiger partial charge in [-0.3, -0.25) is 0 Å². The van der Waals surface area contributed by atoms with Crippen LogP contribution in [0.5, 0.6) is 0 Å². The van der Waals surface area contributed by atoms with Gasteiger partial charge in [0.25, 0.3) is 0 Å². The molecule has 1 rings (SSSR count). The second kappa shape index (κ2) is 7.49. The van der Waals surface area contributed by atoms with Gasteiger partial charge in [0, 0.05) is 18.3 Å². The zero-order valence-corrected chi connectivity index (χ0v) is 10.4. The summed E-state index contributed by atoms with van der Waals surface area (Å²) in [7, 11) is 0. The molecule has 0 aliphatic heterocycles. The number of para-hydroxylation sites is 1. The topological polar surface area (TPSA) is 29.5 Å². The first-order chi connectivity index (χ1) is 8.27. The van der Waals surface area contributed by atoms with Crippen LogP contribution in [0.15, 0.2) is 42.5 Å². The average molecular weight is 233 g/mol. The molecule has 0 unspecified atom stereocenters. The number of esters is 1. The van der Waals surface area contributed by atoms with E-state index in [0.29, 0.717) is 13.2 Å². The van der Waals surface area contributed by atoms with Crippen LogP contribution in [-0.2, 0) is 9.53 Å². The standard InChI is InChI=1S/C14H19NO2/c1-3-8-14(16)17-12-11-15(4-2)13-9-6-5-7-10-13/h3,5-10H,4,11-12H2,1-2H3/b8-3+. The van der Waals surface area contributed by atoms with Gasteiger partial charge in [0.15, 0.2) is 0 Å². The first kappa shape index (κ1) is 13.3. The monoisotopic (exact) mass is 233 g/mol. The van der Waals surface area contributed by atoms with Crippen molar-refractivity contribution in [3.05, 3.63) is 42.5 Å². The highest BCUT2D eigenvalue weighted by molar-refractivity contribution is 5.81. The third-order valence-electron chi connectivity index (χ3n) is 2.41. The molecule has 0 aliphatic carbocycles. The maximum atomic E-state index is 11.1. The Labute approximate surface area is 103 Å². The predicted octanol–water partition coefficient (Wildman–Crippen LogP) is 2.63. The summed E-state index contributed by atoms with van der Waals surface area (Å²) in [5, 5.41) is 0. The molecule has 17 heavy (non-hydrogen) atoms. The van der Waals surface area contributed by atoms with Gasteiger partial charge in [0.05, 0.1) is 6.54 Å². The zero-order chi connectivity index (χ0) is 12.5. The fraction of sp³-hybridized carbons (Fsp3) is 0.357. The van der Waals surface area contributed by atoms with Crippen molar-refractivity contribution in [2.75, 3.05) is 24.6 Å². The minimum absolute atomic E-state index is 0.281. The molecule has 0 radical (unpaired) electrons. The maximum Gasteiger partial charge on any atom is 0.330 e. The Hall–Kier alpha value is -1.77. The molecular formula is C14H19NO2. The van der Waals surface area contributed by atoms with Crippen molar-refractivity contribution >= 4 is 11.7 Å². The van der Waals surface area contributed by atoms with E-state index in [4.69, 9.17) is 4.74 Å². The molecule has 0 aliphatic rings. The van der Waals surface area contributed by atoms with Gasteiger partial charge in [-0.05, 0) is 26.0 Å². The molecule has 3 nitrogen and oxygen atoms in total. The van der Waals surface area contributed by atoms with E-state index in [1.165, 1.54) is 6.08 Å². The molecule has 1 aromatic carbocycles. The van der Waals surface area contributed by atoms with Crippen LogP contribution in [0.4, 0.5) is 5.69 Å². The number of carbonyl (C=O) groups excluding carboxylic acids is 1. The quantitative estimate of drug-likeness (QED) is 0.559.